The van der Waals surface area contributed by atoms with E-state index in [-0.39, 0.29) is 0 Å². The summed E-state index contributed by atoms with van der Waals surface area (Å²) < 4.78 is 0. The van der Waals surface area contributed by atoms with E-state index >= 15 is 0 Å². The molecule has 0 aromatic carbocycles. The van der Waals surface area contributed by atoms with Gasteiger partial charge in [0.25, 0.3) is 0 Å². The van der Waals surface area contributed by atoms with Crippen molar-refractivity contribution in [2.24, 2.45) is 11.8 Å². The van der Waals surface area contributed by atoms with Gasteiger partial charge in [-0.15, -0.1) is 0 Å². The van der Waals surface area contributed by atoms with Crippen molar-refractivity contribution < 1.29 is 9.90 Å². The lowest BCUT2D eigenvalue weighted by atomic mass is 9.84. The molecule has 0 bridgehead atoms. The van der Waals surface area contributed by atoms with Crippen LogP contribution < -0.4 is 0 Å². The Hall–Kier alpha value is -0.790. The van der Waals surface area contributed by atoms with Crippen molar-refractivity contribution in [2.45, 2.75) is 39.5 Å². The Morgan fingerprint density at radius 2 is 1.46 bits per heavy atom. The van der Waals surface area contributed by atoms with Crippen molar-refractivity contribution in [1.29, 1.82) is 0 Å². The SMILES string of the molecule is C=CC(=O)O.CC1CCC(C)CC1. The molecule has 2 heteroatoms. The molecule has 1 N–H and O–H groups in total. The van der Waals surface area contributed by atoms with Crippen molar-refractivity contribution in [3.63, 3.8) is 0 Å². The van der Waals surface area contributed by atoms with Gasteiger partial charge >= 0.3 is 5.97 Å². The molecule has 1 saturated carbocycles. The summed E-state index contributed by atoms with van der Waals surface area (Å²) in [5.41, 5.74) is 0. The minimum atomic E-state index is -0.981. The fraction of sp³-hybridized carbons (Fsp3) is 0.727. The molecule has 0 amide bonds. The van der Waals surface area contributed by atoms with Crippen LogP contribution in [0.5, 0.6) is 0 Å². The van der Waals surface area contributed by atoms with Gasteiger partial charge in [0.05, 0.1) is 0 Å². The zero-order valence-corrected chi connectivity index (χ0v) is 8.62. The summed E-state index contributed by atoms with van der Waals surface area (Å²) in [7, 11) is 0. The predicted molar refractivity (Wildman–Crippen MR) is 54.6 cm³/mol. The van der Waals surface area contributed by atoms with Gasteiger partial charge in [0, 0.05) is 6.08 Å². The molecule has 0 aliphatic heterocycles. The second-order valence-corrected chi connectivity index (χ2v) is 3.91. The number of carbonyl (C=O) groups is 1. The van der Waals surface area contributed by atoms with Gasteiger partial charge in [0.15, 0.2) is 0 Å². The van der Waals surface area contributed by atoms with Crippen LogP contribution in [0, 0.1) is 11.8 Å². The van der Waals surface area contributed by atoms with Crippen LogP contribution in [0.4, 0.5) is 0 Å². The zero-order valence-electron chi connectivity index (χ0n) is 8.62. The summed E-state index contributed by atoms with van der Waals surface area (Å²) in [5, 5.41) is 7.60. The summed E-state index contributed by atoms with van der Waals surface area (Å²) in [6.45, 7) is 7.69. The summed E-state index contributed by atoms with van der Waals surface area (Å²) in [6, 6.07) is 0. The van der Waals surface area contributed by atoms with E-state index in [1.165, 1.54) is 25.7 Å². The van der Waals surface area contributed by atoms with Crippen LogP contribution in [0.15, 0.2) is 12.7 Å². The highest BCUT2D eigenvalue weighted by Crippen LogP contribution is 2.27. The molecule has 13 heavy (non-hydrogen) atoms. The highest BCUT2D eigenvalue weighted by Gasteiger charge is 2.13. The third-order valence-corrected chi connectivity index (χ3v) is 2.48. The molecule has 2 nitrogen and oxygen atoms in total. The second-order valence-electron chi connectivity index (χ2n) is 3.91. The highest BCUT2D eigenvalue weighted by molar-refractivity contribution is 5.78. The molecule has 0 saturated heterocycles. The summed E-state index contributed by atoms with van der Waals surface area (Å²) >= 11 is 0. The van der Waals surface area contributed by atoms with Gasteiger partial charge in [-0.2, -0.15) is 0 Å². The van der Waals surface area contributed by atoms with E-state index in [0.29, 0.717) is 0 Å². The summed E-state index contributed by atoms with van der Waals surface area (Å²) in [5.74, 6) is 1.06. The maximum absolute atomic E-state index is 9.25. The molecule has 1 rings (SSSR count). The van der Waals surface area contributed by atoms with Crippen molar-refractivity contribution in [1.82, 2.24) is 0 Å². The molecule has 0 radical (unpaired) electrons. The molecule has 0 spiro atoms. The van der Waals surface area contributed by atoms with E-state index in [9.17, 15) is 4.79 Å². The van der Waals surface area contributed by atoms with Crippen LogP contribution in [0.25, 0.3) is 0 Å². The standard InChI is InChI=1S/C8H16.C3H4O2/c1-7-3-5-8(2)6-4-7;1-2-3(4)5/h7-8H,3-6H2,1-2H3;2H,1H2,(H,4,5). The van der Waals surface area contributed by atoms with Crippen LogP contribution in [-0.2, 0) is 4.79 Å². The third kappa shape index (κ3) is 7.57. The maximum atomic E-state index is 9.25. The Balaban J connectivity index is 0.000000252. The number of aliphatic carboxylic acids is 1. The molecule has 0 unspecified atom stereocenters. The molecule has 0 aromatic heterocycles. The van der Waals surface area contributed by atoms with Crippen molar-refractivity contribution in [3.05, 3.63) is 12.7 Å². The van der Waals surface area contributed by atoms with Crippen LogP contribution in [0.3, 0.4) is 0 Å². The van der Waals surface area contributed by atoms with Crippen molar-refractivity contribution >= 4 is 5.97 Å². The van der Waals surface area contributed by atoms with Gasteiger partial charge in [-0.1, -0.05) is 46.1 Å². The van der Waals surface area contributed by atoms with E-state index in [4.69, 9.17) is 5.11 Å². The molecule has 1 aliphatic rings. The zero-order chi connectivity index (χ0) is 10.3. The lowest BCUT2D eigenvalue weighted by Crippen LogP contribution is -2.08. The molecular formula is C11H20O2. The quantitative estimate of drug-likeness (QED) is 0.636. The van der Waals surface area contributed by atoms with Gasteiger partial charge in [-0.05, 0) is 11.8 Å². The Bertz CT molecular complexity index is 145. The first-order valence-corrected chi connectivity index (χ1v) is 4.91. The molecule has 76 valence electrons. The largest absolute Gasteiger partial charge is 0.478 e. The fourth-order valence-electron chi connectivity index (χ4n) is 1.43. The Morgan fingerprint density at radius 1 is 1.23 bits per heavy atom. The second kappa shape index (κ2) is 6.70. The minimum Gasteiger partial charge on any atom is -0.478 e. The average Bonchev–Trinajstić information content (AvgIpc) is 2.11. The van der Waals surface area contributed by atoms with Gasteiger partial charge < -0.3 is 5.11 Å². The monoisotopic (exact) mass is 184 g/mol. The Labute approximate surface area is 80.7 Å². The number of hydrogen-bond donors (Lipinski definition) is 1. The number of hydrogen-bond acceptors (Lipinski definition) is 1. The summed E-state index contributed by atoms with van der Waals surface area (Å²) in [6.07, 6.45) is 6.73. The van der Waals surface area contributed by atoms with Crippen LogP contribution in [0.1, 0.15) is 39.5 Å². The molecule has 1 aliphatic carbocycles. The Morgan fingerprint density at radius 3 is 1.62 bits per heavy atom. The molecular weight excluding hydrogens is 164 g/mol. The highest BCUT2D eigenvalue weighted by atomic mass is 16.4. The Kier molecular flexibility index (Phi) is 6.29. The molecule has 0 aromatic rings. The van der Waals surface area contributed by atoms with E-state index in [1.807, 2.05) is 0 Å². The number of carboxylic acid groups (broad SMARTS) is 1. The topological polar surface area (TPSA) is 37.3 Å². The van der Waals surface area contributed by atoms with Crippen molar-refractivity contribution in [2.75, 3.05) is 0 Å². The molecule has 0 atom stereocenters. The lowest BCUT2D eigenvalue weighted by molar-refractivity contribution is -0.131. The van der Waals surface area contributed by atoms with E-state index in [0.717, 1.165) is 17.9 Å². The molecule has 0 heterocycles. The third-order valence-electron chi connectivity index (χ3n) is 2.48. The summed E-state index contributed by atoms with van der Waals surface area (Å²) in [4.78, 5) is 9.25. The van der Waals surface area contributed by atoms with E-state index in [1.54, 1.807) is 0 Å². The first-order valence-electron chi connectivity index (χ1n) is 4.91. The van der Waals surface area contributed by atoms with Crippen LogP contribution in [-0.4, -0.2) is 11.1 Å². The van der Waals surface area contributed by atoms with E-state index in [2.05, 4.69) is 20.4 Å². The first kappa shape index (κ1) is 12.2. The van der Waals surface area contributed by atoms with Gasteiger partial charge in [-0.25, -0.2) is 4.79 Å². The minimum absolute atomic E-state index is 0.833. The van der Waals surface area contributed by atoms with Gasteiger partial charge in [0.1, 0.15) is 0 Å². The van der Waals surface area contributed by atoms with Crippen LogP contribution >= 0.6 is 0 Å². The van der Waals surface area contributed by atoms with E-state index < -0.39 is 5.97 Å². The maximum Gasteiger partial charge on any atom is 0.327 e. The van der Waals surface area contributed by atoms with Gasteiger partial charge in [-0.3, -0.25) is 0 Å². The van der Waals surface area contributed by atoms with Crippen molar-refractivity contribution in [3.8, 4) is 0 Å². The first-order chi connectivity index (χ1) is 6.06. The fourth-order valence-corrected chi connectivity index (χ4v) is 1.43. The molecule has 1 fully saturated rings. The lowest BCUT2D eigenvalue weighted by Gasteiger charge is -2.22. The average molecular weight is 184 g/mol. The van der Waals surface area contributed by atoms with Gasteiger partial charge in [0.2, 0.25) is 0 Å². The predicted octanol–water partition coefficient (Wildman–Crippen LogP) is 3.09. The number of rotatable bonds is 1. The normalized spacial score (nSPS) is 26.9. The number of carboxylic acids is 1. The smallest absolute Gasteiger partial charge is 0.327 e. The van der Waals surface area contributed by atoms with Crippen LogP contribution in [0.2, 0.25) is 0 Å².